The first-order valence-electron chi connectivity index (χ1n) is 4.67. The molecule has 0 aromatic carbocycles. The van der Waals surface area contributed by atoms with Crippen molar-refractivity contribution >= 4 is 0 Å². The molecule has 0 bridgehead atoms. The quantitative estimate of drug-likeness (QED) is 0.531. The highest BCUT2D eigenvalue weighted by molar-refractivity contribution is 5.00. The van der Waals surface area contributed by atoms with Crippen molar-refractivity contribution in [3.05, 3.63) is 6.42 Å². The molecule has 2 aliphatic heterocycles. The predicted molar refractivity (Wildman–Crippen MR) is 46.3 cm³/mol. The molecule has 1 atom stereocenters. The summed E-state index contributed by atoms with van der Waals surface area (Å²) >= 11 is 0. The van der Waals surface area contributed by atoms with Gasteiger partial charge in [-0.05, 0) is 50.7 Å². The van der Waals surface area contributed by atoms with Gasteiger partial charge in [-0.15, -0.1) is 0 Å². The van der Waals surface area contributed by atoms with E-state index in [2.05, 4.69) is 17.1 Å². The normalized spacial score (nSPS) is 30.5. The van der Waals surface area contributed by atoms with Gasteiger partial charge in [-0.2, -0.15) is 0 Å². The summed E-state index contributed by atoms with van der Waals surface area (Å²) in [5.74, 6) is 0. The molecule has 2 heterocycles. The Labute approximate surface area is 68.7 Å². The van der Waals surface area contributed by atoms with E-state index in [0.29, 0.717) is 5.41 Å². The van der Waals surface area contributed by atoms with E-state index in [1.54, 1.807) is 0 Å². The van der Waals surface area contributed by atoms with Crippen molar-refractivity contribution in [2.24, 2.45) is 5.41 Å². The summed E-state index contributed by atoms with van der Waals surface area (Å²) in [6, 6.07) is 0. The summed E-state index contributed by atoms with van der Waals surface area (Å²) in [4.78, 5) is 0. The van der Waals surface area contributed by atoms with Crippen molar-refractivity contribution in [3.63, 3.8) is 0 Å². The third kappa shape index (κ3) is 1.57. The molecular formula is C9H17N2. The average molecular weight is 153 g/mol. The Hall–Kier alpha value is -0.0800. The molecule has 2 aliphatic rings. The molecule has 0 saturated carbocycles. The van der Waals surface area contributed by atoms with Gasteiger partial charge in [0.25, 0.3) is 0 Å². The van der Waals surface area contributed by atoms with Gasteiger partial charge < -0.3 is 10.6 Å². The first-order valence-corrected chi connectivity index (χ1v) is 4.67. The SMILES string of the molecule is [CH]1CNCCC12CCCNC2. The van der Waals surface area contributed by atoms with Crippen LogP contribution in [0.2, 0.25) is 0 Å². The summed E-state index contributed by atoms with van der Waals surface area (Å²) in [5.41, 5.74) is 0.559. The van der Waals surface area contributed by atoms with E-state index in [-0.39, 0.29) is 0 Å². The maximum atomic E-state index is 3.49. The van der Waals surface area contributed by atoms with Crippen molar-refractivity contribution < 1.29 is 0 Å². The zero-order valence-corrected chi connectivity index (χ0v) is 7.03. The molecule has 1 unspecified atom stereocenters. The van der Waals surface area contributed by atoms with Crippen LogP contribution in [-0.2, 0) is 0 Å². The highest BCUT2D eigenvalue weighted by Crippen LogP contribution is 2.34. The number of piperidine rings is 2. The number of rotatable bonds is 0. The van der Waals surface area contributed by atoms with Crippen LogP contribution in [-0.4, -0.2) is 26.2 Å². The van der Waals surface area contributed by atoms with Crippen LogP contribution in [0.4, 0.5) is 0 Å². The molecular weight excluding hydrogens is 136 g/mol. The highest BCUT2D eigenvalue weighted by atomic mass is 14.9. The van der Waals surface area contributed by atoms with Crippen LogP contribution in [0.3, 0.4) is 0 Å². The number of nitrogens with one attached hydrogen (secondary N) is 2. The van der Waals surface area contributed by atoms with E-state index in [4.69, 9.17) is 0 Å². The van der Waals surface area contributed by atoms with Crippen LogP contribution in [0.15, 0.2) is 0 Å². The molecule has 0 aliphatic carbocycles. The Kier molecular flexibility index (Phi) is 2.14. The van der Waals surface area contributed by atoms with Crippen LogP contribution in [0.1, 0.15) is 19.3 Å². The van der Waals surface area contributed by atoms with E-state index in [9.17, 15) is 0 Å². The third-order valence-electron chi connectivity index (χ3n) is 2.98. The topological polar surface area (TPSA) is 24.1 Å². The number of hydrogen-bond acceptors (Lipinski definition) is 2. The second-order valence-corrected chi connectivity index (χ2v) is 3.80. The van der Waals surface area contributed by atoms with Crippen LogP contribution < -0.4 is 10.6 Å². The average Bonchev–Trinajstić information content (AvgIpc) is 2.07. The van der Waals surface area contributed by atoms with Gasteiger partial charge in [-0.1, -0.05) is 0 Å². The smallest absolute Gasteiger partial charge is 0.00115 e. The van der Waals surface area contributed by atoms with Gasteiger partial charge in [0.1, 0.15) is 0 Å². The lowest BCUT2D eigenvalue weighted by atomic mass is 9.73. The van der Waals surface area contributed by atoms with Gasteiger partial charge >= 0.3 is 0 Å². The second-order valence-electron chi connectivity index (χ2n) is 3.80. The molecule has 11 heavy (non-hydrogen) atoms. The fraction of sp³-hybridized carbons (Fsp3) is 0.889. The van der Waals surface area contributed by atoms with Gasteiger partial charge in [0.05, 0.1) is 0 Å². The van der Waals surface area contributed by atoms with Crippen LogP contribution >= 0.6 is 0 Å². The van der Waals surface area contributed by atoms with Gasteiger partial charge in [0.2, 0.25) is 0 Å². The van der Waals surface area contributed by atoms with Gasteiger partial charge in [0, 0.05) is 6.54 Å². The molecule has 2 saturated heterocycles. The van der Waals surface area contributed by atoms with Crippen molar-refractivity contribution in [2.75, 3.05) is 26.2 Å². The van der Waals surface area contributed by atoms with E-state index < -0.39 is 0 Å². The Morgan fingerprint density at radius 1 is 1.09 bits per heavy atom. The maximum Gasteiger partial charge on any atom is 0.00115 e. The van der Waals surface area contributed by atoms with Crippen LogP contribution in [0.5, 0.6) is 0 Å². The van der Waals surface area contributed by atoms with Crippen LogP contribution in [0, 0.1) is 11.8 Å². The Balaban J connectivity index is 1.94. The largest absolute Gasteiger partial charge is 0.316 e. The minimum atomic E-state index is 0.559. The van der Waals surface area contributed by atoms with Crippen LogP contribution in [0.25, 0.3) is 0 Å². The second kappa shape index (κ2) is 3.11. The lowest BCUT2D eigenvalue weighted by molar-refractivity contribution is 0.209. The van der Waals surface area contributed by atoms with Gasteiger partial charge in [-0.25, -0.2) is 0 Å². The van der Waals surface area contributed by atoms with Crippen molar-refractivity contribution in [1.82, 2.24) is 10.6 Å². The molecule has 0 amide bonds. The van der Waals surface area contributed by atoms with Gasteiger partial charge in [-0.3, -0.25) is 0 Å². The minimum absolute atomic E-state index is 0.559. The lowest BCUT2D eigenvalue weighted by Crippen LogP contribution is -2.47. The summed E-state index contributed by atoms with van der Waals surface area (Å²) in [7, 11) is 0. The summed E-state index contributed by atoms with van der Waals surface area (Å²) < 4.78 is 0. The molecule has 1 radical (unpaired) electrons. The summed E-state index contributed by atoms with van der Waals surface area (Å²) in [5, 5.41) is 6.86. The zero-order valence-electron chi connectivity index (χ0n) is 7.03. The van der Waals surface area contributed by atoms with E-state index in [1.807, 2.05) is 0 Å². The standard InChI is InChI=1S/C9H17N2/c1-2-9(8-11-5-1)3-6-10-7-4-9/h3,10-11H,1-2,4-8H2. The third-order valence-corrected chi connectivity index (χ3v) is 2.98. The van der Waals surface area contributed by atoms with Gasteiger partial charge in [0.15, 0.2) is 0 Å². The predicted octanol–water partition coefficient (Wildman–Crippen LogP) is 0.554. The molecule has 63 valence electrons. The Morgan fingerprint density at radius 3 is 2.73 bits per heavy atom. The van der Waals surface area contributed by atoms with Crippen molar-refractivity contribution in [1.29, 1.82) is 0 Å². The molecule has 2 nitrogen and oxygen atoms in total. The first-order chi connectivity index (χ1) is 5.41. The summed E-state index contributed by atoms with van der Waals surface area (Å²) in [6.07, 6.45) is 6.57. The molecule has 2 N–H and O–H groups in total. The number of hydrogen-bond donors (Lipinski definition) is 2. The zero-order chi connectivity index (χ0) is 7.57. The fourth-order valence-electron chi connectivity index (χ4n) is 2.21. The lowest BCUT2D eigenvalue weighted by Gasteiger charge is -2.40. The molecule has 0 aromatic rings. The molecule has 2 heteroatoms. The first kappa shape index (κ1) is 7.56. The Morgan fingerprint density at radius 2 is 2.09 bits per heavy atom. The maximum absolute atomic E-state index is 3.49. The van der Waals surface area contributed by atoms with E-state index in [0.717, 1.165) is 6.54 Å². The monoisotopic (exact) mass is 153 g/mol. The molecule has 2 rings (SSSR count). The fourth-order valence-corrected chi connectivity index (χ4v) is 2.21. The van der Waals surface area contributed by atoms with Crippen molar-refractivity contribution in [2.45, 2.75) is 19.3 Å². The molecule has 2 fully saturated rings. The highest BCUT2D eigenvalue weighted by Gasteiger charge is 2.33. The van der Waals surface area contributed by atoms with Crippen molar-refractivity contribution in [3.8, 4) is 0 Å². The summed E-state index contributed by atoms with van der Waals surface area (Å²) in [6.45, 7) is 4.76. The van der Waals surface area contributed by atoms with E-state index >= 15 is 0 Å². The minimum Gasteiger partial charge on any atom is -0.316 e. The Bertz CT molecular complexity index is 102. The molecule has 1 spiro atoms. The molecule has 0 aromatic heterocycles. The van der Waals surface area contributed by atoms with E-state index in [1.165, 1.54) is 38.9 Å².